The van der Waals surface area contributed by atoms with Crippen LogP contribution in [0.5, 0.6) is 0 Å². The third kappa shape index (κ3) is 2.65. The van der Waals surface area contributed by atoms with Gasteiger partial charge >= 0.3 is 0 Å². The summed E-state index contributed by atoms with van der Waals surface area (Å²) in [5.74, 6) is -0.801. The number of anilines is 2. The molecule has 1 aromatic heterocycles. The second kappa shape index (κ2) is 4.58. The van der Waals surface area contributed by atoms with Gasteiger partial charge in [0.25, 0.3) is 5.91 Å². The Morgan fingerprint density at radius 3 is 2.71 bits per heavy atom. The van der Waals surface area contributed by atoms with E-state index in [1.807, 2.05) is 0 Å². The van der Waals surface area contributed by atoms with Crippen molar-refractivity contribution >= 4 is 33.2 Å². The molecule has 1 amide bonds. The summed E-state index contributed by atoms with van der Waals surface area (Å²) in [6, 6.07) is 7.07. The Hall–Kier alpha value is -1.82. The number of furan rings is 1. The average Bonchev–Trinajstić information content (AvgIpc) is 2.70. The van der Waals surface area contributed by atoms with Crippen LogP contribution in [0.2, 0.25) is 0 Å². The Morgan fingerprint density at radius 2 is 2.12 bits per heavy atom. The van der Waals surface area contributed by atoms with E-state index < -0.39 is 11.7 Å². The SMILES string of the molecule is Nc1cc(NC(=O)c2ccc(Br)o2)ccc1F. The van der Waals surface area contributed by atoms with Gasteiger partial charge in [0.2, 0.25) is 0 Å². The number of carbonyl (C=O) groups excluding carboxylic acids is 1. The fourth-order valence-electron chi connectivity index (χ4n) is 1.25. The lowest BCUT2D eigenvalue weighted by Crippen LogP contribution is -2.11. The molecule has 88 valence electrons. The summed E-state index contributed by atoms with van der Waals surface area (Å²) in [6.45, 7) is 0. The van der Waals surface area contributed by atoms with Gasteiger partial charge in [-0.15, -0.1) is 0 Å². The Balaban J connectivity index is 2.15. The molecule has 6 heteroatoms. The molecule has 0 saturated heterocycles. The first kappa shape index (κ1) is 11.7. The lowest BCUT2D eigenvalue weighted by molar-refractivity contribution is 0.0995. The van der Waals surface area contributed by atoms with Crippen LogP contribution in [-0.4, -0.2) is 5.91 Å². The molecule has 17 heavy (non-hydrogen) atoms. The Morgan fingerprint density at radius 1 is 1.35 bits per heavy atom. The number of rotatable bonds is 2. The van der Waals surface area contributed by atoms with E-state index in [1.165, 1.54) is 24.3 Å². The van der Waals surface area contributed by atoms with Gasteiger partial charge in [-0.1, -0.05) is 0 Å². The molecular formula is C11H8BrFN2O2. The molecule has 0 radical (unpaired) electrons. The number of nitrogen functional groups attached to an aromatic ring is 1. The predicted octanol–water partition coefficient (Wildman–Crippen LogP) is 3.02. The van der Waals surface area contributed by atoms with E-state index >= 15 is 0 Å². The summed E-state index contributed by atoms with van der Waals surface area (Å²) in [7, 11) is 0. The molecule has 0 bridgehead atoms. The van der Waals surface area contributed by atoms with Crippen molar-refractivity contribution in [3.8, 4) is 0 Å². The maximum Gasteiger partial charge on any atom is 0.291 e. The molecule has 0 spiro atoms. The number of amides is 1. The third-order valence-electron chi connectivity index (χ3n) is 2.05. The van der Waals surface area contributed by atoms with Crippen molar-refractivity contribution < 1.29 is 13.6 Å². The quantitative estimate of drug-likeness (QED) is 0.838. The maximum atomic E-state index is 12.9. The number of hydrogen-bond donors (Lipinski definition) is 2. The standard InChI is InChI=1S/C11H8BrFN2O2/c12-10-4-3-9(17-10)11(16)15-6-1-2-7(13)8(14)5-6/h1-5H,14H2,(H,15,16). The van der Waals surface area contributed by atoms with E-state index in [0.717, 1.165) is 0 Å². The van der Waals surface area contributed by atoms with Crippen LogP contribution < -0.4 is 11.1 Å². The molecule has 0 aliphatic rings. The molecule has 0 aliphatic carbocycles. The summed E-state index contributed by atoms with van der Waals surface area (Å²) in [4.78, 5) is 11.7. The summed E-state index contributed by atoms with van der Waals surface area (Å²) >= 11 is 3.09. The first-order chi connectivity index (χ1) is 8.06. The van der Waals surface area contributed by atoms with E-state index in [4.69, 9.17) is 10.2 Å². The highest BCUT2D eigenvalue weighted by Crippen LogP contribution is 2.19. The van der Waals surface area contributed by atoms with Gasteiger partial charge < -0.3 is 15.5 Å². The minimum atomic E-state index is -0.524. The van der Waals surface area contributed by atoms with E-state index in [-0.39, 0.29) is 11.4 Å². The summed E-state index contributed by atoms with van der Waals surface area (Å²) in [5, 5.41) is 2.54. The van der Waals surface area contributed by atoms with Crippen LogP contribution in [0, 0.1) is 5.82 Å². The maximum absolute atomic E-state index is 12.9. The first-order valence-corrected chi connectivity index (χ1v) is 5.47. The number of hydrogen-bond acceptors (Lipinski definition) is 3. The minimum Gasteiger partial charge on any atom is -0.444 e. The van der Waals surface area contributed by atoms with Gasteiger partial charge in [-0.3, -0.25) is 4.79 Å². The summed E-state index contributed by atoms with van der Waals surface area (Å²) in [5.41, 5.74) is 5.76. The van der Waals surface area contributed by atoms with Crippen LogP contribution in [0.25, 0.3) is 0 Å². The molecule has 4 nitrogen and oxygen atoms in total. The highest BCUT2D eigenvalue weighted by Gasteiger charge is 2.11. The van der Waals surface area contributed by atoms with Gasteiger partial charge in [-0.05, 0) is 46.3 Å². The first-order valence-electron chi connectivity index (χ1n) is 4.68. The van der Waals surface area contributed by atoms with Gasteiger partial charge in [0.1, 0.15) is 5.82 Å². The van der Waals surface area contributed by atoms with Crippen molar-refractivity contribution in [3.05, 3.63) is 46.6 Å². The van der Waals surface area contributed by atoms with Crippen LogP contribution in [0.1, 0.15) is 10.6 Å². The highest BCUT2D eigenvalue weighted by atomic mass is 79.9. The topological polar surface area (TPSA) is 68.3 Å². The fourth-order valence-corrected chi connectivity index (χ4v) is 1.56. The van der Waals surface area contributed by atoms with E-state index in [2.05, 4.69) is 21.2 Å². The van der Waals surface area contributed by atoms with Crippen LogP contribution in [-0.2, 0) is 0 Å². The second-order valence-electron chi connectivity index (χ2n) is 3.29. The van der Waals surface area contributed by atoms with Gasteiger partial charge in [0, 0.05) is 5.69 Å². The molecule has 2 aromatic rings. The van der Waals surface area contributed by atoms with Crippen molar-refractivity contribution in [2.24, 2.45) is 0 Å². The zero-order valence-corrected chi connectivity index (χ0v) is 10.1. The van der Waals surface area contributed by atoms with Crippen LogP contribution in [0.3, 0.4) is 0 Å². The Labute approximate surface area is 105 Å². The van der Waals surface area contributed by atoms with Crippen LogP contribution in [0.4, 0.5) is 15.8 Å². The number of carbonyl (C=O) groups is 1. The molecule has 0 fully saturated rings. The molecule has 1 aromatic carbocycles. The molecule has 0 unspecified atom stereocenters. The minimum absolute atomic E-state index is 0.0246. The monoisotopic (exact) mass is 298 g/mol. The van der Waals surface area contributed by atoms with Crippen molar-refractivity contribution in [3.63, 3.8) is 0 Å². The lowest BCUT2D eigenvalue weighted by Gasteiger charge is -2.04. The number of halogens is 2. The normalized spacial score (nSPS) is 10.2. The molecule has 0 atom stereocenters. The Bertz CT molecular complexity index is 568. The largest absolute Gasteiger partial charge is 0.444 e. The molecule has 2 rings (SSSR count). The summed E-state index contributed by atoms with van der Waals surface area (Å²) < 4.78 is 18.4. The highest BCUT2D eigenvalue weighted by molar-refractivity contribution is 9.10. The third-order valence-corrected chi connectivity index (χ3v) is 2.48. The molecular weight excluding hydrogens is 291 g/mol. The number of nitrogens with two attached hydrogens (primary N) is 1. The molecule has 1 heterocycles. The van der Waals surface area contributed by atoms with E-state index in [1.54, 1.807) is 6.07 Å². The zero-order valence-electron chi connectivity index (χ0n) is 8.54. The number of nitrogens with one attached hydrogen (secondary N) is 1. The van der Waals surface area contributed by atoms with Gasteiger partial charge in [0.05, 0.1) is 5.69 Å². The van der Waals surface area contributed by atoms with Gasteiger partial charge in [-0.2, -0.15) is 0 Å². The van der Waals surface area contributed by atoms with Gasteiger partial charge in [-0.25, -0.2) is 4.39 Å². The lowest BCUT2D eigenvalue weighted by atomic mass is 10.2. The number of benzene rings is 1. The van der Waals surface area contributed by atoms with Crippen molar-refractivity contribution in [1.82, 2.24) is 0 Å². The molecule has 0 saturated carbocycles. The smallest absolute Gasteiger partial charge is 0.291 e. The van der Waals surface area contributed by atoms with Gasteiger partial charge in [0.15, 0.2) is 10.4 Å². The predicted molar refractivity (Wildman–Crippen MR) is 65.2 cm³/mol. The Kier molecular flexibility index (Phi) is 3.14. The average molecular weight is 299 g/mol. The summed E-state index contributed by atoms with van der Waals surface area (Å²) in [6.07, 6.45) is 0. The molecule has 3 N–H and O–H groups in total. The van der Waals surface area contributed by atoms with Crippen LogP contribution in [0.15, 0.2) is 39.4 Å². The fraction of sp³-hybridized carbons (Fsp3) is 0. The van der Waals surface area contributed by atoms with Crippen LogP contribution >= 0.6 is 15.9 Å². The van der Waals surface area contributed by atoms with Crippen molar-refractivity contribution in [2.75, 3.05) is 11.1 Å². The zero-order chi connectivity index (χ0) is 12.4. The molecule has 0 aliphatic heterocycles. The second-order valence-corrected chi connectivity index (χ2v) is 4.08. The van der Waals surface area contributed by atoms with Crippen molar-refractivity contribution in [2.45, 2.75) is 0 Å². The van der Waals surface area contributed by atoms with E-state index in [0.29, 0.717) is 10.4 Å². The van der Waals surface area contributed by atoms with E-state index in [9.17, 15) is 9.18 Å². The van der Waals surface area contributed by atoms with Crippen molar-refractivity contribution in [1.29, 1.82) is 0 Å².